The van der Waals surface area contributed by atoms with Crippen LogP contribution in [0.2, 0.25) is 0 Å². The monoisotopic (exact) mass is 484 g/mol. The van der Waals surface area contributed by atoms with Crippen LogP contribution in [-0.4, -0.2) is 25.7 Å². The van der Waals surface area contributed by atoms with Gasteiger partial charge in [0.1, 0.15) is 0 Å². The van der Waals surface area contributed by atoms with Crippen LogP contribution in [0.5, 0.6) is 0 Å². The summed E-state index contributed by atoms with van der Waals surface area (Å²) >= 11 is 0. The summed E-state index contributed by atoms with van der Waals surface area (Å²) in [6.07, 6.45) is 4.04. The highest BCUT2D eigenvalue weighted by Crippen LogP contribution is 2.25. The lowest BCUT2D eigenvalue weighted by Crippen LogP contribution is -2.24. The van der Waals surface area contributed by atoms with Gasteiger partial charge >= 0.3 is 0 Å². The standard InChI is InChI=1S/C30H24N6O/c37-30(32-19-21-7-2-1-3-8-21)18-23-20-36(27-11-5-4-10-25(23)27)29-15-14-28(34-35-29)33-24-12-13-26-22(17-24)9-6-16-31-26/h1-17,20H,18-19H2,(H,32,37)(H,33,34). The minimum Gasteiger partial charge on any atom is -0.352 e. The van der Waals surface area contributed by atoms with Crippen LogP contribution in [-0.2, 0) is 17.8 Å². The predicted octanol–water partition coefficient (Wildman–Crippen LogP) is 5.57. The average molecular weight is 485 g/mol. The first-order valence-corrected chi connectivity index (χ1v) is 12.1. The number of para-hydroxylation sites is 1. The average Bonchev–Trinajstić information content (AvgIpc) is 3.31. The van der Waals surface area contributed by atoms with E-state index in [2.05, 4.69) is 25.8 Å². The molecule has 180 valence electrons. The molecule has 0 saturated heterocycles. The quantitative estimate of drug-likeness (QED) is 0.309. The van der Waals surface area contributed by atoms with E-state index in [9.17, 15) is 4.79 Å². The number of hydrogen-bond donors (Lipinski definition) is 2. The second-order valence-electron chi connectivity index (χ2n) is 8.79. The van der Waals surface area contributed by atoms with Crippen LogP contribution in [0.3, 0.4) is 0 Å². The predicted molar refractivity (Wildman–Crippen MR) is 146 cm³/mol. The second kappa shape index (κ2) is 9.91. The zero-order valence-electron chi connectivity index (χ0n) is 20.0. The zero-order valence-corrected chi connectivity index (χ0v) is 20.0. The summed E-state index contributed by atoms with van der Waals surface area (Å²) in [5.74, 6) is 1.30. The number of carbonyl (C=O) groups excluding carboxylic acids is 1. The van der Waals surface area contributed by atoms with E-state index in [-0.39, 0.29) is 12.3 Å². The van der Waals surface area contributed by atoms with Crippen LogP contribution >= 0.6 is 0 Å². The minimum absolute atomic E-state index is 0.0250. The molecule has 0 saturated carbocycles. The molecule has 6 rings (SSSR count). The Hall–Kier alpha value is -5.04. The Morgan fingerprint density at radius 3 is 2.57 bits per heavy atom. The van der Waals surface area contributed by atoms with E-state index in [1.54, 1.807) is 6.20 Å². The highest BCUT2D eigenvalue weighted by Gasteiger charge is 2.14. The zero-order chi connectivity index (χ0) is 25.0. The fraction of sp³-hybridized carbons (Fsp3) is 0.0667. The van der Waals surface area contributed by atoms with E-state index in [4.69, 9.17) is 0 Å². The molecule has 0 unspecified atom stereocenters. The number of pyridine rings is 1. The number of benzene rings is 3. The molecule has 3 heterocycles. The van der Waals surface area contributed by atoms with Crippen molar-refractivity contribution in [2.75, 3.05) is 5.32 Å². The van der Waals surface area contributed by atoms with Crippen molar-refractivity contribution in [1.82, 2.24) is 25.1 Å². The maximum absolute atomic E-state index is 12.7. The Bertz CT molecular complexity index is 1690. The number of aromatic nitrogens is 4. The van der Waals surface area contributed by atoms with Crippen LogP contribution in [0.25, 0.3) is 27.6 Å². The van der Waals surface area contributed by atoms with Gasteiger partial charge in [0, 0.05) is 35.4 Å². The Labute approximate surface area is 213 Å². The molecule has 0 aliphatic rings. The Balaban J connectivity index is 1.21. The molecule has 3 aromatic carbocycles. The van der Waals surface area contributed by atoms with Crippen molar-refractivity contribution in [2.24, 2.45) is 0 Å². The van der Waals surface area contributed by atoms with Crippen LogP contribution in [0.4, 0.5) is 11.5 Å². The molecule has 37 heavy (non-hydrogen) atoms. The lowest BCUT2D eigenvalue weighted by atomic mass is 10.1. The van der Waals surface area contributed by atoms with Gasteiger partial charge in [0.15, 0.2) is 11.6 Å². The molecule has 3 aromatic heterocycles. The Morgan fingerprint density at radius 1 is 0.838 bits per heavy atom. The number of anilines is 2. The van der Waals surface area contributed by atoms with Crippen molar-refractivity contribution in [3.8, 4) is 5.82 Å². The first-order valence-electron chi connectivity index (χ1n) is 12.1. The molecule has 7 nitrogen and oxygen atoms in total. The molecule has 0 aliphatic carbocycles. The molecule has 1 amide bonds. The van der Waals surface area contributed by atoms with Gasteiger partial charge in [-0.25, -0.2) is 0 Å². The van der Waals surface area contributed by atoms with E-state index in [0.29, 0.717) is 18.2 Å². The first-order chi connectivity index (χ1) is 18.2. The number of rotatable bonds is 7. The molecule has 7 heteroatoms. The Kier molecular flexibility index (Phi) is 6.01. The first kappa shape index (κ1) is 22.4. The highest BCUT2D eigenvalue weighted by atomic mass is 16.1. The lowest BCUT2D eigenvalue weighted by Gasteiger charge is -2.08. The van der Waals surface area contributed by atoms with Crippen LogP contribution < -0.4 is 10.6 Å². The minimum atomic E-state index is -0.0250. The van der Waals surface area contributed by atoms with E-state index in [1.807, 2.05) is 108 Å². The number of carbonyl (C=O) groups is 1. The van der Waals surface area contributed by atoms with Gasteiger partial charge in [0.25, 0.3) is 0 Å². The van der Waals surface area contributed by atoms with Gasteiger partial charge in [-0.2, -0.15) is 0 Å². The third kappa shape index (κ3) is 4.88. The van der Waals surface area contributed by atoms with Gasteiger partial charge in [-0.3, -0.25) is 14.3 Å². The van der Waals surface area contributed by atoms with Gasteiger partial charge < -0.3 is 10.6 Å². The van der Waals surface area contributed by atoms with Crippen LogP contribution in [0, 0.1) is 0 Å². The van der Waals surface area contributed by atoms with Crippen LogP contribution in [0.1, 0.15) is 11.1 Å². The number of hydrogen-bond acceptors (Lipinski definition) is 5. The van der Waals surface area contributed by atoms with Gasteiger partial charge in [-0.15, -0.1) is 10.2 Å². The summed E-state index contributed by atoms with van der Waals surface area (Å²) in [6.45, 7) is 0.506. The van der Waals surface area contributed by atoms with Gasteiger partial charge in [0.05, 0.1) is 17.5 Å². The van der Waals surface area contributed by atoms with Gasteiger partial charge in [0.2, 0.25) is 5.91 Å². The largest absolute Gasteiger partial charge is 0.352 e. The molecular formula is C30H24N6O. The van der Waals surface area contributed by atoms with Crippen LogP contribution in [0.15, 0.2) is 109 Å². The molecule has 0 aliphatic heterocycles. The topological polar surface area (TPSA) is 84.7 Å². The normalized spacial score (nSPS) is 11.0. The third-order valence-electron chi connectivity index (χ3n) is 6.25. The van der Waals surface area contributed by atoms with Crippen molar-refractivity contribution in [3.05, 3.63) is 121 Å². The molecule has 6 aromatic rings. The molecule has 2 N–H and O–H groups in total. The molecule has 0 fully saturated rings. The summed E-state index contributed by atoms with van der Waals surface area (Å²) in [5, 5.41) is 17.3. The molecular weight excluding hydrogens is 460 g/mol. The van der Waals surface area contributed by atoms with E-state index in [1.165, 1.54) is 0 Å². The lowest BCUT2D eigenvalue weighted by molar-refractivity contribution is -0.120. The third-order valence-corrected chi connectivity index (χ3v) is 6.25. The summed E-state index contributed by atoms with van der Waals surface area (Å²) in [5.41, 5.74) is 4.85. The fourth-order valence-electron chi connectivity index (χ4n) is 4.43. The molecule has 0 atom stereocenters. The van der Waals surface area contributed by atoms with Crippen molar-refractivity contribution in [3.63, 3.8) is 0 Å². The van der Waals surface area contributed by atoms with E-state index < -0.39 is 0 Å². The van der Waals surface area contributed by atoms with E-state index >= 15 is 0 Å². The van der Waals surface area contributed by atoms with Gasteiger partial charge in [-0.05, 0) is 53.6 Å². The van der Waals surface area contributed by atoms with Crippen molar-refractivity contribution in [2.45, 2.75) is 13.0 Å². The fourth-order valence-corrected chi connectivity index (χ4v) is 4.43. The van der Waals surface area contributed by atoms with Crippen molar-refractivity contribution < 1.29 is 4.79 Å². The van der Waals surface area contributed by atoms with Crippen molar-refractivity contribution >= 4 is 39.2 Å². The SMILES string of the molecule is O=C(Cc1cn(-c2ccc(Nc3ccc4ncccc4c3)nn2)c2ccccc12)NCc1ccccc1. The molecule has 0 radical (unpaired) electrons. The number of nitrogens with one attached hydrogen (secondary N) is 2. The molecule has 0 spiro atoms. The maximum atomic E-state index is 12.7. The summed E-state index contributed by atoms with van der Waals surface area (Å²) in [7, 11) is 0. The second-order valence-corrected chi connectivity index (χ2v) is 8.79. The number of nitrogens with zero attached hydrogens (tertiary/aromatic N) is 4. The summed E-state index contributed by atoms with van der Waals surface area (Å²) in [4.78, 5) is 17.1. The summed E-state index contributed by atoms with van der Waals surface area (Å²) in [6, 6.07) is 31.7. The smallest absolute Gasteiger partial charge is 0.224 e. The summed E-state index contributed by atoms with van der Waals surface area (Å²) < 4.78 is 1.98. The number of amides is 1. The van der Waals surface area contributed by atoms with Crippen molar-refractivity contribution in [1.29, 1.82) is 0 Å². The Morgan fingerprint density at radius 2 is 1.70 bits per heavy atom. The maximum Gasteiger partial charge on any atom is 0.224 e. The number of fused-ring (bicyclic) bond motifs is 2. The van der Waals surface area contributed by atoms with E-state index in [0.717, 1.165) is 38.6 Å². The highest BCUT2D eigenvalue weighted by molar-refractivity contribution is 5.90. The van der Waals surface area contributed by atoms with Gasteiger partial charge in [-0.1, -0.05) is 54.6 Å². The molecule has 0 bridgehead atoms.